The molecule has 0 unspecified atom stereocenters. The number of aryl methyl sites for hydroxylation is 4. The van der Waals surface area contributed by atoms with Crippen molar-refractivity contribution in [3.8, 4) is 5.75 Å². The number of ether oxygens (including phenoxy) is 1. The Kier molecular flexibility index (Phi) is 7.83. The normalized spacial score (nSPS) is 14.5. The van der Waals surface area contributed by atoms with Crippen LogP contribution in [0.2, 0.25) is 5.02 Å². The van der Waals surface area contributed by atoms with Crippen LogP contribution in [0.5, 0.6) is 5.75 Å². The van der Waals surface area contributed by atoms with Crippen LogP contribution in [0.4, 0.5) is 11.4 Å². The Balaban J connectivity index is 1.42. The van der Waals surface area contributed by atoms with E-state index < -0.39 is 0 Å². The van der Waals surface area contributed by atoms with Gasteiger partial charge >= 0.3 is 0 Å². The molecule has 1 fully saturated rings. The Hall–Kier alpha value is -3.13. The van der Waals surface area contributed by atoms with E-state index in [1.807, 2.05) is 64.1 Å². The fourth-order valence-electron chi connectivity index (χ4n) is 3.71. The van der Waals surface area contributed by atoms with E-state index >= 15 is 0 Å². The zero-order chi connectivity index (χ0) is 26.0. The summed E-state index contributed by atoms with van der Waals surface area (Å²) in [6.07, 6.45) is 1.75. The monoisotopic (exact) mass is 536 g/mol. The number of thioether (sulfide) groups is 1. The van der Waals surface area contributed by atoms with Crippen molar-refractivity contribution in [2.24, 2.45) is 0 Å². The van der Waals surface area contributed by atoms with Crippen molar-refractivity contribution in [1.29, 1.82) is 0 Å². The van der Waals surface area contributed by atoms with E-state index in [0.717, 1.165) is 39.2 Å². The van der Waals surface area contributed by atoms with E-state index in [0.29, 0.717) is 20.0 Å². The molecule has 0 bridgehead atoms. The quantitative estimate of drug-likeness (QED) is 0.271. The van der Waals surface area contributed by atoms with Gasteiger partial charge in [-0.05, 0) is 86.4 Å². The minimum Gasteiger partial charge on any atom is -0.482 e. The van der Waals surface area contributed by atoms with Gasteiger partial charge < -0.3 is 10.1 Å². The number of carbonyl (C=O) groups is 2. The molecule has 3 aromatic carbocycles. The van der Waals surface area contributed by atoms with Gasteiger partial charge in [0.05, 0.1) is 15.6 Å². The molecule has 0 radical (unpaired) electrons. The second-order valence-corrected chi connectivity index (χ2v) is 10.7. The molecular formula is C28H25ClN2O3S2. The predicted octanol–water partition coefficient (Wildman–Crippen LogP) is 7.00. The van der Waals surface area contributed by atoms with Crippen LogP contribution in [-0.4, -0.2) is 22.7 Å². The maximum absolute atomic E-state index is 13.1. The third-order valence-electron chi connectivity index (χ3n) is 5.81. The van der Waals surface area contributed by atoms with Gasteiger partial charge in [0.25, 0.3) is 11.8 Å². The summed E-state index contributed by atoms with van der Waals surface area (Å²) in [5.41, 5.74) is 6.58. The first-order valence-corrected chi connectivity index (χ1v) is 12.9. The Morgan fingerprint density at radius 1 is 1.03 bits per heavy atom. The fraction of sp³-hybridized carbons (Fsp3) is 0.179. The Bertz CT molecular complexity index is 1420. The van der Waals surface area contributed by atoms with Crippen LogP contribution in [0.3, 0.4) is 0 Å². The summed E-state index contributed by atoms with van der Waals surface area (Å²) in [7, 11) is 0. The number of thiocarbonyl (C=S) groups is 1. The van der Waals surface area contributed by atoms with E-state index in [1.54, 1.807) is 29.2 Å². The van der Waals surface area contributed by atoms with Crippen molar-refractivity contribution < 1.29 is 14.3 Å². The molecule has 2 amide bonds. The van der Waals surface area contributed by atoms with Gasteiger partial charge in [0, 0.05) is 5.69 Å². The second-order valence-electron chi connectivity index (χ2n) is 8.63. The maximum atomic E-state index is 13.1. The van der Waals surface area contributed by atoms with Crippen molar-refractivity contribution in [3.63, 3.8) is 0 Å². The highest BCUT2D eigenvalue weighted by Gasteiger charge is 2.33. The van der Waals surface area contributed by atoms with Crippen LogP contribution in [0.15, 0.2) is 59.5 Å². The zero-order valence-electron chi connectivity index (χ0n) is 20.3. The molecule has 1 heterocycles. The molecule has 1 aliphatic heterocycles. The fourth-order valence-corrected chi connectivity index (χ4v) is 5.26. The van der Waals surface area contributed by atoms with Crippen LogP contribution in [0.25, 0.3) is 6.08 Å². The molecule has 5 nitrogen and oxygen atoms in total. The van der Waals surface area contributed by atoms with E-state index in [2.05, 4.69) is 5.32 Å². The van der Waals surface area contributed by atoms with Gasteiger partial charge in [0.2, 0.25) is 0 Å². The second kappa shape index (κ2) is 10.9. The predicted molar refractivity (Wildman–Crippen MR) is 153 cm³/mol. The van der Waals surface area contributed by atoms with Gasteiger partial charge in [0.1, 0.15) is 5.75 Å². The van der Waals surface area contributed by atoms with Crippen LogP contribution in [0, 0.1) is 27.7 Å². The molecule has 1 N–H and O–H groups in total. The molecule has 4 rings (SSSR count). The van der Waals surface area contributed by atoms with Crippen molar-refractivity contribution in [1.82, 2.24) is 0 Å². The van der Waals surface area contributed by atoms with Crippen molar-refractivity contribution in [2.75, 3.05) is 16.8 Å². The van der Waals surface area contributed by atoms with Crippen molar-refractivity contribution in [2.45, 2.75) is 27.7 Å². The molecule has 3 aromatic rings. The highest BCUT2D eigenvalue weighted by Crippen LogP contribution is 2.37. The summed E-state index contributed by atoms with van der Waals surface area (Å²) in [5.74, 6) is -0.0721. The molecule has 36 heavy (non-hydrogen) atoms. The minimum absolute atomic E-state index is 0.173. The first-order valence-electron chi connectivity index (χ1n) is 11.3. The first-order chi connectivity index (χ1) is 17.1. The van der Waals surface area contributed by atoms with Crippen LogP contribution >= 0.6 is 35.6 Å². The number of carbonyl (C=O) groups excluding carboxylic acids is 2. The average Bonchev–Trinajstić information content (AvgIpc) is 3.09. The summed E-state index contributed by atoms with van der Waals surface area (Å²) in [6, 6.07) is 16.8. The average molecular weight is 537 g/mol. The van der Waals surface area contributed by atoms with Crippen LogP contribution in [0.1, 0.15) is 27.8 Å². The summed E-state index contributed by atoms with van der Waals surface area (Å²) in [4.78, 5) is 27.5. The molecule has 0 aliphatic carbocycles. The number of nitrogens with zero attached hydrogens (tertiary/aromatic N) is 1. The van der Waals surface area contributed by atoms with E-state index in [4.69, 9.17) is 28.6 Å². The number of hydrogen-bond acceptors (Lipinski definition) is 5. The standard InChI is InChI=1S/C28H25ClN2O3S2/c1-16-5-9-23(19(4)11-16)30-26(32)15-34-24-10-7-20(13-22(24)29)14-25-27(33)31(28(35)36-25)21-8-6-17(2)18(3)12-21/h5-14H,15H2,1-4H3,(H,30,32)/b25-14-. The number of anilines is 2. The Morgan fingerprint density at radius 3 is 2.50 bits per heavy atom. The lowest BCUT2D eigenvalue weighted by Gasteiger charge is -2.15. The third-order valence-corrected chi connectivity index (χ3v) is 7.41. The van der Waals surface area contributed by atoms with Gasteiger partial charge in [0.15, 0.2) is 10.9 Å². The van der Waals surface area contributed by atoms with Gasteiger partial charge in [-0.1, -0.05) is 65.4 Å². The van der Waals surface area contributed by atoms with Gasteiger partial charge in [-0.2, -0.15) is 0 Å². The first kappa shape index (κ1) is 25.9. The molecular weight excluding hydrogens is 512 g/mol. The van der Waals surface area contributed by atoms with Crippen molar-refractivity contribution in [3.05, 3.63) is 92.3 Å². The van der Waals surface area contributed by atoms with Gasteiger partial charge in [-0.15, -0.1) is 0 Å². The molecule has 1 aliphatic rings. The third kappa shape index (κ3) is 5.81. The van der Waals surface area contributed by atoms with E-state index in [-0.39, 0.29) is 18.4 Å². The summed E-state index contributed by atoms with van der Waals surface area (Å²) in [6.45, 7) is 7.79. The van der Waals surface area contributed by atoms with Crippen LogP contribution in [-0.2, 0) is 9.59 Å². The van der Waals surface area contributed by atoms with E-state index in [1.165, 1.54) is 11.8 Å². The molecule has 0 aromatic heterocycles. The molecule has 8 heteroatoms. The lowest BCUT2D eigenvalue weighted by atomic mass is 10.1. The van der Waals surface area contributed by atoms with E-state index in [9.17, 15) is 9.59 Å². The van der Waals surface area contributed by atoms with Gasteiger partial charge in [-0.3, -0.25) is 14.5 Å². The smallest absolute Gasteiger partial charge is 0.270 e. The molecule has 0 saturated carbocycles. The number of nitrogens with one attached hydrogen (secondary N) is 1. The topological polar surface area (TPSA) is 58.6 Å². The molecule has 184 valence electrons. The maximum Gasteiger partial charge on any atom is 0.270 e. The Labute approximate surface area is 225 Å². The summed E-state index contributed by atoms with van der Waals surface area (Å²) < 4.78 is 6.11. The Morgan fingerprint density at radius 2 is 1.81 bits per heavy atom. The molecule has 1 saturated heterocycles. The highest BCUT2D eigenvalue weighted by molar-refractivity contribution is 8.27. The minimum atomic E-state index is -0.280. The van der Waals surface area contributed by atoms with Crippen LogP contribution < -0.4 is 15.0 Å². The molecule has 0 spiro atoms. The number of benzene rings is 3. The number of amides is 2. The summed E-state index contributed by atoms with van der Waals surface area (Å²) >= 11 is 13.1. The number of hydrogen-bond donors (Lipinski definition) is 1. The SMILES string of the molecule is Cc1ccc(NC(=O)COc2ccc(/C=C3\SC(=S)N(c4ccc(C)c(C)c4)C3=O)cc2Cl)c(C)c1. The zero-order valence-corrected chi connectivity index (χ0v) is 22.7. The number of rotatable bonds is 6. The summed E-state index contributed by atoms with van der Waals surface area (Å²) in [5, 5.41) is 3.19. The van der Waals surface area contributed by atoms with Crippen molar-refractivity contribution >= 4 is 69.2 Å². The van der Waals surface area contributed by atoms with Gasteiger partial charge in [-0.25, -0.2) is 0 Å². The lowest BCUT2D eigenvalue weighted by Crippen LogP contribution is -2.27. The largest absolute Gasteiger partial charge is 0.482 e. The number of halogens is 1. The lowest BCUT2D eigenvalue weighted by molar-refractivity contribution is -0.118. The highest BCUT2D eigenvalue weighted by atomic mass is 35.5. The molecule has 0 atom stereocenters.